The minimum atomic E-state index is -0.264. The van der Waals surface area contributed by atoms with Crippen LogP contribution in [-0.2, 0) is 6.54 Å². The van der Waals surface area contributed by atoms with E-state index in [2.05, 4.69) is 16.5 Å². The summed E-state index contributed by atoms with van der Waals surface area (Å²) in [7, 11) is 1.55. The highest BCUT2D eigenvalue weighted by atomic mass is 16.5. The SMILES string of the molecule is CCn1nc(NC(=O)c2ccccc2OC)c2cc3cc(C)ccc3nc21. The number of carbonyl (C=O) groups is 1. The summed E-state index contributed by atoms with van der Waals surface area (Å²) in [5, 5.41) is 9.31. The summed E-state index contributed by atoms with van der Waals surface area (Å²) in [6.07, 6.45) is 0. The lowest BCUT2D eigenvalue weighted by atomic mass is 10.1. The first-order valence-corrected chi connectivity index (χ1v) is 8.83. The number of benzene rings is 2. The highest BCUT2D eigenvalue weighted by molar-refractivity contribution is 6.10. The maximum atomic E-state index is 12.8. The molecule has 0 aliphatic rings. The Morgan fingerprint density at radius 3 is 2.78 bits per heavy atom. The molecule has 0 saturated heterocycles. The molecule has 4 rings (SSSR count). The monoisotopic (exact) mass is 360 g/mol. The van der Waals surface area contributed by atoms with E-state index in [-0.39, 0.29) is 5.91 Å². The molecule has 6 heteroatoms. The van der Waals surface area contributed by atoms with Crippen molar-refractivity contribution in [2.45, 2.75) is 20.4 Å². The third-order valence-corrected chi connectivity index (χ3v) is 4.55. The quantitative estimate of drug-likeness (QED) is 0.593. The van der Waals surface area contributed by atoms with Crippen LogP contribution >= 0.6 is 0 Å². The number of amides is 1. The Hall–Kier alpha value is -3.41. The van der Waals surface area contributed by atoms with Crippen molar-refractivity contribution in [2.24, 2.45) is 0 Å². The van der Waals surface area contributed by atoms with E-state index < -0.39 is 0 Å². The predicted octanol–water partition coefficient (Wildman–Crippen LogP) is 4.17. The minimum absolute atomic E-state index is 0.264. The first-order valence-electron chi connectivity index (χ1n) is 8.83. The lowest BCUT2D eigenvalue weighted by Crippen LogP contribution is -2.14. The van der Waals surface area contributed by atoms with Gasteiger partial charge in [-0.1, -0.05) is 23.8 Å². The summed E-state index contributed by atoms with van der Waals surface area (Å²) >= 11 is 0. The largest absolute Gasteiger partial charge is 0.496 e. The number of hydrogen-bond acceptors (Lipinski definition) is 4. The van der Waals surface area contributed by atoms with Crippen molar-refractivity contribution >= 4 is 33.7 Å². The van der Waals surface area contributed by atoms with Gasteiger partial charge in [-0.2, -0.15) is 5.10 Å². The molecule has 0 fully saturated rings. The number of para-hydroxylation sites is 1. The van der Waals surface area contributed by atoms with Gasteiger partial charge in [0.05, 0.1) is 23.6 Å². The van der Waals surface area contributed by atoms with E-state index in [9.17, 15) is 4.79 Å². The van der Waals surface area contributed by atoms with Crippen molar-refractivity contribution in [3.8, 4) is 5.75 Å². The zero-order valence-corrected chi connectivity index (χ0v) is 15.5. The van der Waals surface area contributed by atoms with E-state index >= 15 is 0 Å². The highest BCUT2D eigenvalue weighted by Gasteiger charge is 2.17. The first-order chi connectivity index (χ1) is 13.1. The number of aromatic nitrogens is 3. The maximum Gasteiger partial charge on any atom is 0.260 e. The second-order valence-electron chi connectivity index (χ2n) is 6.37. The molecule has 0 radical (unpaired) electrons. The van der Waals surface area contributed by atoms with Gasteiger partial charge in [-0.3, -0.25) is 4.79 Å². The molecule has 1 amide bonds. The molecule has 0 atom stereocenters. The molecular formula is C21H20N4O2. The van der Waals surface area contributed by atoms with E-state index in [4.69, 9.17) is 9.72 Å². The molecule has 2 aromatic heterocycles. The normalized spacial score (nSPS) is 11.1. The maximum absolute atomic E-state index is 12.8. The van der Waals surface area contributed by atoms with Crippen molar-refractivity contribution < 1.29 is 9.53 Å². The van der Waals surface area contributed by atoms with Gasteiger partial charge in [0.25, 0.3) is 5.91 Å². The van der Waals surface area contributed by atoms with Crippen molar-refractivity contribution in [3.05, 3.63) is 59.7 Å². The second kappa shape index (κ2) is 6.72. The number of fused-ring (bicyclic) bond motifs is 2. The smallest absolute Gasteiger partial charge is 0.260 e. The molecule has 1 N–H and O–H groups in total. The molecule has 0 unspecified atom stereocenters. The van der Waals surface area contributed by atoms with Crippen molar-refractivity contribution in [3.63, 3.8) is 0 Å². The molecular weight excluding hydrogens is 340 g/mol. The number of nitrogens with one attached hydrogen (secondary N) is 1. The number of aryl methyl sites for hydroxylation is 2. The number of hydrogen-bond donors (Lipinski definition) is 1. The number of pyridine rings is 1. The molecule has 0 aliphatic carbocycles. The zero-order chi connectivity index (χ0) is 19.0. The van der Waals surface area contributed by atoms with Gasteiger partial charge >= 0.3 is 0 Å². The fraction of sp³-hybridized carbons (Fsp3) is 0.190. The molecule has 0 saturated carbocycles. The topological polar surface area (TPSA) is 69.0 Å². The van der Waals surface area contributed by atoms with E-state index in [1.165, 1.54) is 0 Å². The summed E-state index contributed by atoms with van der Waals surface area (Å²) in [6, 6.07) is 15.3. The molecule has 27 heavy (non-hydrogen) atoms. The Morgan fingerprint density at radius 1 is 1.19 bits per heavy atom. The average molecular weight is 360 g/mol. The molecule has 4 aromatic rings. The molecule has 6 nitrogen and oxygen atoms in total. The second-order valence-corrected chi connectivity index (χ2v) is 6.37. The van der Waals surface area contributed by atoms with Gasteiger partial charge in [0.15, 0.2) is 11.5 Å². The van der Waals surface area contributed by atoms with E-state index in [1.54, 1.807) is 30.0 Å². The first kappa shape index (κ1) is 17.0. The average Bonchev–Trinajstić information content (AvgIpc) is 3.02. The molecule has 2 heterocycles. The summed E-state index contributed by atoms with van der Waals surface area (Å²) < 4.78 is 7.09. The third-order valence-electron chi connectivity index (χ3n) is 4.55. The predicted molar refractivity (Wildman–Crippen MR) is 106 cm³/mol. The van der Waals surface area contributed by atoms with Gasteiger partial charge in [0.1, 0.15) is 5.75 Å². The van der Waals surface area contributed by atoms with Gasteiger partial charge in [-0.05, 0) is 44.2 Å². The number of anilines is 1. The number of ether oxygens (including phenoxy) is 1. The molecule has 0 aliphatic heterocycles. The minimum Gasteiger partial charge on any atom is -0.496 e. The highest BCUT2D eigenvalue weighted by Crippen LogP contribution is 2.27. The van der Waals surface area contributed by atoms with E-state index in [1.807, 2.05) is 38.1 Å². The van der Waals surface area contributed by atoms with Crippen LogP contribution < -0.4 is 10.1 Å². The fourth-order valence-electron chi connectivity index (χ4n) is 3.20. The van der Waals surface area contributed by atoms with E-state index in [0.717, 1.165) is 27.5 Å². The Balaban J connectivity index is 1.82. The number of carbonyl (C=O) groups excluding carboxylic acids is 1. The third kappa shape index (κ3) is 2.99. The van der Waals surface area contributed by atoms with Crippen molar-refractivity contribution in [1.29, 1.82) is 0 Å². The lowest BCUT2D eigenvalue weighted by Gasteiger charge is -2.07. The van der Waals surface area contributed by atoms with Crippen LogP contribution in [0.5, 0.6) is 5.75 Å². The van der Waals surface area contributed by atoms with Gasteiger partial charge in [-0.15, -0.1) is 0 Å². The van der Waals surface area contributed by atoms with Crippen LogP contribution in [0.15, 0.2) is 48.5 Å². The fourth-order valence-corrected chi connectivity index (χ4v) is 3.20. The van der Waals surface area contributed by atoms with Crippen LogP contribution in [0.2, 0.25) is 0 Å². The van der Waals surface area contributed by atoms with Crippen LogP contribution in [0, 0.1) is 6.92 Å². The van der Waals surface area contributed by atoms with Crippen LogP contribution in [0.3, 0.4) is 0 Å². The summed E-state index contributed by atoms with van der Waals surface area (Å²) in [5.41, 5.74) is 3.28. The number of methoxy groups -OCH3 is 1. The van der Waals surface area contributed by atoms with Crippen LogP contribution in [0.4, 0.5) is 5.82 Å². The van der Waals surface area contributed by atoms with Crippen molar-refractivity contribution in [2.75, 3.05) is 12.4 Å². The van der Waals surface area contributed by atoms with Gasteiger partial charge in [0.2, 0.25) is 0 Å². The van der Waals surface area contributed by atoms with Crippen LogP contribution in [0.25, 0.3) is 21.9 Å². The molecule has 136 valence electrons. The summed E-state index contributed by atoms with van der Waals surface area (Å²) in [6.45, 7) is 4.70. The lowest BCUT2D eigenvalue weighted by molar-refractivity contribution is 0.102. The van der Waals surface area contributed by atoms with Gasteiger partial charge in [0, 0.05) is 11.9 Å². The Bertz CT molecular complexity index is 1160. The molecule has 0 bridgehead atoms. The Morgan fingerprint density at radius 2 is 2.00 bits per heavy atom. The zero-order valence-electron chi connectivity index (χ0n) is 15.5. The Labute approximate surface area is 156 Å². The number of rotatable bonds is 4. The standard InChI is InChI=1S/C21H20N4O2/c1-4-25-20-16(12-14-11-13(2)9-10-17(14)22-20)19(24-25)23-21(26)15-7-5-6-8-18(15)27-3/h5-12H,4H2,1-3H3,(H,23,24,26). The summed E-state index contributed by atoms with van der Waals surface area (Å²) in [5.74, 6) is 0.756. The molecule has 0 spiro atoms. The molecule has 2 aromatic carbocycles. The van der Waals surface area contributed by atoms with E-state index in [0.29, 0.717) is 23.7 Å². The van der Waals surface area contributed by atoms with Crippen LogP contribution in [0.1, 0.15) is 22.8 Å². The van der Waals surface area contributed by atoms with Crippen molar-refractivity contribution in [1.82, 2.24) is 14.8 Å². The van der Waals surface area contributed by atoms with Gasteiger partial charge in [-0.25, -0.2) is 9.67 Å². The summed E-state index contributed by atoms with van der Waals surface area (Å²) in [4.78, 5) is 17.5. The Kier molecular flexibility index (Phi) is 4.24. The number of nitrogens with zero attached hydrogens (tertiary/aromatic N) is 3. The van der Waals surface area contributed by atoms with Crippen LogP contribution in [-0.4, -0.2) is 27.8 Å². The van der Waals surface area contributed by atoms with Gasteiger partial charge < -0.3 is 10.1 Å².